The fourth-order valence-corrected chi connectivity index (χ4v) is 4.06. The molecule has 2 N–H and O–H groups in total. The van der Waals surface area contributed by atoms with Gasteiger partial charge in [-0.2, -0.15) is 0 Å². The number of piperidine rings is 1. The van der Waals surface area contributed by atoms with Crippen LogP contribution in [0.2, 0.25) is 0 Å². The third-order valence-electron chi connectivity index (χ3n) is 5.79. The Kier molecular flexibility index (Phi) is 3.93. The maximum atomic E-state index is 6.26. The van der Waals surface area contributed by atoms with Gasteiger partial charge >= 0.3 is 0 Å². The zero-order valence-corrected chi connectivity index (χ0v) is 13.0. The summed E-state index contributed by atoms with van der Waals surface area (Å²) in [6.45, 7) is 7.39. The van der Waals surface area contributed by atoms with Gasteiger partial charge in [0.2, 0.25) is 0 Å². The number of hydrogen-bond acceptors (Lipinski definition) is 2. The van der Waals surface area contributed by atoms with Gasteiger partial charge in [-0.05, 0) is 44.9 Å². The lowest BCUT2D eigenvalue weighted by molar-refractivity contribution is -0.162. The third-order valence-corrected chi connectivity index (χ3v) is 5.79. The molecule has 2 atom stereocenters. The van der Waals surface area contributed by atoms with Crippen molar-refractivity contribution in [3.8, 4) is 0 Å². The van der Waals surface area contributed by atoms with Crippen molar-refractivity contribution in [1.82, 2.24) is 4.90 Å². The normalized spacial score (nSPS) is 33.9. The summed E-state index contributed by atoms with van der Waals surface area (Å²) in [6.07, 6.45) is 7.87. The number of hydrogen-bond donors (Lipinski definition) is 1. The summed E-state index contributed by atoms with van der Waals surface area (Å²) in [5, 5.41) is 0. The Balaban J connectivity index is 1.61. The summed E-state index contributed by atoms with van der Waals surface area (Å²) in [7, 11) is 0. The van der Waals surface area contributed by atoms with Crippen LogP contribution in [0, 0.1) is 11.3 Å². The van der Waals surface area contributed by atoms with Gasteiger partial charge in [0.1, 0.15) is 0 Å². The van der Waals surface area contributed by atoms with Crippen LogP contribution in [-0.2, 0) is 4.74 Å². The summed E-state index contributed by atoms with van der Waals surface area (Å²) in [5.41, 5.74) is 6.60. The predicted molar refractivity (Wildman–Crippen MR) is 81.7 cm³/mol. The van der Waals surface area contributed by atoms with Crippen molar-refractivity contribution in [2.45, 2.75) is 64.5 Å². The van der Waals surface area contributed by atoms with Crippen LogP contribution in [0.3, 0.4) is 0 Å². The molecule has 4 heteroatoms. The molecule has 2 aliphatic carbocycles. The monoisotopic (exact) mass is 279 g/mol. The van der Waals surface area contributed by atoms with E-state index in [1.165, 1.54) is 32.1 Å². The topological polar surface area (TPSA) is 50.9 Å². The van der Waals surface area contributed by atoms with E-state index in [-0.39, 0.29) is 0 Å². The summed E-state index contributed by atoms with van der Waals surface area (Å²) in [5.74, 6) is 1.62. The highest BCUT2D eigenvalue weighted by Gasteiger charge is 2.59. The van der Waals surface area contributed by atoms with Crippen LogP contribution >= 0.6 is 0 Å². The number of likely N-dealkylation sites (tertiary alicyclic amines) is 1. The number of nitrogens with two attached hydrogens (primary N) is 1. The minimum absolute atomic E-state index is 0.337. The van der Waals surface area contributed by atoms with Crippen LogP contribution in [0.4, 0.5) is 0 Å². The number of aliphatic imine (C=N–C) groups is 1. The first-order valence-corrected chi connectivity index (χ1v) is 8.35. The van der Waals surface area contributed by atoms with E-state index >= 15 is 0 Å². The average Bonchev–Trinajstić information content (AvgIpc) is 2.36. The van der Waals surface area contributed by atoms with E-state index in [2.05, 4.69) is 18.7 Å². The first kappa shape index (κ1) is 14.2. The quantitative estimate of drug-likeness (QED) is 0.637. The van der Waals surface area contributed by atoms with Gasteiger partial charge in [0, 0.05) is 25.1 Å². The molecule has 3 rings (SSSR count). The number of ether oxygens (including phenoxy) is 1. The second-order valence-corrected chi connectivity index (χ2v) is 6.94. The van der Waals surface area contributed by atoms with Gasteiger partial charge < -0.3 is 15.4 Å². The second-order valence-electron chi connectivity index (χ2n) is 6.94. The summed E-state index contributed by atoms with van der Waals surface area (Å²) < 4.78 is 5.88. The average molecular weight is 279 g/mol. The predicted octanol–water partition coefficient (Wildman–Crippen LogP) is 2.38. The molecule has 0 aromatic rings. The van der Waals surface area contributed by atoms with E-state index in [1.54, 1.807) is 0 Å². The van der Waals surface area contributed by atoms with Crippen LogP contribution in [0.5, 0.6) is 0 Å². The van der Waals surface area contributed by atoms with Gasteiger partial charge in [0.15, 0.2) is 5.96 Å². The van der Waals surface area contributed by atoms with Crippen molar-refractivity contribution in [3.63, 3.8) is 0 Å². The fourth-order valence-electron chi connectivity index (χ4n) is 4.06. The molecular formula is C16H29N3O. The van der Waals surface area contributed by atoms with Crippen molar-refractivity contribution < 1.29 is 4.74 Å². The molecular weight excluding hydrogens is 250 g/mol. The molecule has 1 aliphatic heterocycles. The lowest BCUT2D eigenvalue weighted by Gasteiger charge is -2.59. The van der Waals surface area contributed by atoms with Crippen molar-refractivity contribution in [2.75, 3.05) is 19.7 Å². The molecule has 1 spiro atoms. The van der Waals surface area contributed by atoms with Crippen LogP contribution < -0.4 is 5.73 Å². The van der Waals surface area contributed by atoms with Gasteiger partial charge in [-0.1, -0.05) is 13.3 Å². The van der Waals surface area contributed by atoms with Crippen LogP contribution in [0.1, 0.15) is 52.4 Å². The summed E-state index contributed by atoms with van der Waals surface area (Å²) in [6, 6.07) is 0.409. The highest BCUT2D eigenvalue weighted by atomic mass is 16.5. The van der Waals surface area contributed by atoms with Gasteiger partial charge in [0.25, 0.3) is 0 Å². The SMILES string of the molecule is CCOC1CC(N=C(N)N2CCC(C)CC2)C12CCC2. The van der Waals surface area contributed by atoms with Crippen molar-refractivity contribution >= 4 is 5.96 Å². The standard InChI is InChI=1S/C16H29N3O/c1-3-20-14-11-13(16(14)7-4-8-16)18-15(17)19-9-5-12(2)6-10-19/h12-14H,3-11H2,1-2H3,(H2,17,18). The summed E-state index contributed by atoms with van der Waals surface area (Å²) in [4.78, 5) is 7.16. The highest BCUT2D eigenvalue weighted by molar-refractivity contribution is 5.78. The van der Waals surface area contributed by atoms with E-state index in [0.717, 1.165) is 38.0 Å². The zero-order valence-electron chi connectivity index (χ0n) is 13.0. The van der Waals surface area contributed by atoms with E-state index in [0.29, 0.717) is 17.6 Å². The maximum absolute atomic E-state index is 6.26. The van der Waals surface area contributed by atoms with Crippen molar-refractivity contribution in [3.05, 3.63) is 0 Å². The van der Waals surface area contributed by atoms with Gasteiger partial charge in [-0.3, -0.25) is 0 Å². The molecule has 0 amide bonds. The van der Waals surface area contributed by atoms with Gasteiger partial charge in [-0.25, -0.2) is 4.99 Å². The molecule has 4 nitrogen and oxygen atoms in total. The number of guanidine groups is 1. The molecule has 1 heterocycles. The van der Waals surface area contributed by atoms with Crippen LogP contribution in [0.25, 0.3) is 0 Å². The first-order valence-electron chi connectivity index (χ1n) is 8.35. The van der Waals surface area contributed by atoms with Crippen LogP contribution in [-0.4, -0.2) is 42.7 Å². The molecule has 3 fully saturated rings. The number of rotatable bonds is 3. The van der Waals surface area contributed by atoms with E-state index in [4.69, 9.17) is 15.5 Å². The molecule has 0 aromatic heterocycles. The molecule has 2 saturated carbocycles. The Bertz CT molecular complexity index is 370. The molecule has 20 heavy (non-hydrogen) atoms. The Morgan fingerprint density at radius 1 is 1.35 bits per heavy atom. The smallest absolute Gasteiger partial charge is 0.191 e. The minimum atomic E-state index is 0.337. The lowest BCUT2D eigenvalue weighted by Crippen LogP contribution is -2.62. The maximum Gasteiger partial charge on any atom is 0.191 e. The Morgan fingerprint density at radius 3 is 2.60 bits per heavy atom. The fraction of sp³-hybridized carbons (Fsp3) is 0.938. The Morgan fingerprint density at radius 2 is 2.05 bits per heavy atom. The van der Waals surface area contributed by atoms with E-state index in [9.17, 15) is 0 Å². The second kappa shape index (κ2) is 5.55. The third kappa shape index (κ3) is 2.32. The van der Waals surface area contributed by atoms with Crippen molar-refractivity contribution in [2.24, 2.45) is 22.1 Å². The molecule has 0 aromatic carbocycles. The number of nitrogens with zero attached hydrogens (tertiary/aromatic N) is 2. The van der Waals surface area contributed by atoms with Crippen molar-refractivity contribution in [1.29, 1.82) is 0 Å². The minimum Gasteiger partial charge on any atom is -0.378 e. The Hall–Kier alpha value is -0.770. The van der Waals surface area contributed by atoms with E-state index in [1.807, 2.05) is 0 Å². The molecule has 3 aliphatic rings. The highest BCUT2D eigenvalue weighted by Crippen LogP contribution is 2.58. The zero-order chi connectivity index (χ0) is 14.2. The molecule has 1 saturated heterocycles. The van der Waals surface area contributed by atoms with Gasteiger partial charge in [0.05, 0.1) is 12.1 Å². The van der Waals surface area contributed by atoms with Gasteiger partial charge in [-0.15, -0.1) is 0 Å². The first-order chi connectivity index (χ1) is 9.65. The summed E-state index contributed by atoms with van der Waals surface area (Å²) >= 11 is 0. The Labute approximate surface area is 122 Å². The molecule has 2 unspecified atom stereocenters. The van der Waals surface area contributed by atoms with Crippen LogP contribution in [0.15, 0.2) is 4.99 Å². The molecule has 114 valence electrons. The molecule has 0 bridgehead atoms. The largest absolute Gasteiger partial charge is 0.378 e. The lowest BCUT2D eigenvalue weighted by atomic mass is 9.51. The molecule has 0 radical (unpaired) electrons. The van der Waals surface area contributed by atoms with E-state index < -0.39 is 0 Å².